The van der Waals surface area contributed by atoms with E-state index >= 15 is 0 Å². The second-order valence-corrected chi connectivity index (χ2v) is 6.88. The van der Waals surface area contributed by atoms with E-state index in [1.165, 1.54) is 12.1 Å². The topological polar surface area (TPSA) is 25.2 Å². The van der Waals surface area contributed by atoms with Crippen molar-refractivity contribution < 1.29 is 9.18 Å². The number of benzene rings is 2. The van der Waals surface area contributed by atoms with Crippen LogP contribution in [-0.2, 0) is 11.3 Å². The third-order valence-electron chi connectivity index (χ3n) is 4.87. The first kappa shape index (κ1) is 16.2. The van der Waals surface area contributed by atoms with Crippen molar-refractivity contribution in [3.05, 3.63) is 71.1 Å². The summed E-state index contributed by atoms with van der Waals surface area (Å²) in [5.41, 5.74) is 1.95. The van der Waals surface area contributed by atoms with Gasteiger partial charge in [0.2, 0.25) is 5.91 Å². The second kappa shape index (κ2) is 6.52. The fraction of sp³-hybridized carbons (Fsp3) is 0.250. The highest BCUT2D eigenvalue weighted by Gasteiger charge is 2.30. The molecule has 1 aromatic heterocycles. The maximum atomic E-state index is 13.2. The Morgan fingerprint density at radius 1 is 1.16 bits per heavy atom. The van der Waals surface area contributed by atoms with Gasteiger partial charge >= 0.3 is 0 Å². The van der Waals surface area contributed by atoms with E-state index in [1.54, 1.807) is 12.1 Å². The van der Waals surface area contributed by atoms with Crippen molar-refractivity contribution in [3.63, 3.8) is 0 Å². The van der Waals surface area contributed by atoms with Gasteiger partial charge in [-0.15, -0.1) is 0 Å². The highest BCUT2D eigenvalue weighted by molar-refractivity contribution is 6.31. The maximum Gasteiger partial charge on any atom is 0.243 e. The summed E-state index contributed by atoms with van der Waals surface area (Å²) in [5.74, 6) is -0.181. The van der Waals surface area contributed by atoms with Gasteiger partial charge in [-0.05, 0) is 54.1 Å². The van der Waals surface area contributed by atoms with Gasteiger partial charge < -0.3 is 9.47 Å². The molecule has 4 rings (SSSR count). The predicted octanol–water partition coefficient (Wildman–Crippen LogP) is 4.80. The molecule has 3 aromatic rings. The van der Waals surface area contributed by atoms with Crippen LogP contribution < -0.4 is 0 Å². The molecule has 0 N–H and O–H groups in total. The lowest BCUT2D eigenvalue weighted by Gasteiger charge is -2.25. The number of likely N-dealkylation sites (tertiary alicyclic amines) is 1. The molecule has 3 nitrogen and oxygen atoms in total. The third kappa shape index (κ3) is 3.14. The summed E-state index contributed by atoms with van der Waals surface area (Å²) < 4.78 is 15.1. The number of aromatic nitrogens is 1. The van der Waals surface area contributed by atoms with Gasteiger partial charge in [0.05, 0.1) is 6.04 Å². The first-order valence-corrected chi connectivity index (χ1v) is 8.79. The molecule has 1 unspecified atom stereocenters. The van der Waals surface area contributed by atoms with E-state index in [-0.39, 0.29) is 24.3 Å². The molecule has 1 amide bonds. The van der Waals surface area contributed by atoms with Crippen LogP contribution in [0.2, 0.25) is 5.02 Å². The Balaban J connectivity index is 1.57. The number of hydrogen-bond donors (Lipinski definition) is 0. The summed E-state index contributed by atoms with van der Waals surface area (Å²) in [6.45, 7) is 1.02. The number of rotatable bonds is 3. The van der Waals surface area contributed by atoms with Gasteiger partial charge in [0.25, 0.3) is 0 Å². The molecule has 1 atom stereocenters. The first-order valence-electron chi connectivity index (χ1n) is 8.41. The van der Waals surface area contributed by atoms with Crippen molar-refractivity contribution in [2.75, 3.05) is 6.54 Å². The van der Waals surface area contributed by atoms with Gasteiger partial charge in [-0.25, -0.2) is 4.39 Å². The highest BCUT2D eigenvalue weighted by Crippen LogP contribution is 2.32. The molecule has 0 bridgehead atoms. The van der Waals surface area contributed by atoms with Crippen molar-refractivity contribution in [1.82, 2.24) is 9.47 Å². The summed E-state index contributed by atoms with van der Waals surface area (Å²) in [6.07, 6.45) is 3.80. The number of carbonyl (C=O) groups excluding carboxylic acids is 1. The summed E-state index contributed by atoms with van der Waals surface area (Å²) in [5, 5.41) is 1.72. The zero-order chi connectivity index (χ0) is 17.4. The monoisotopic (exact) mass is 356 g/mol. The van der Waals surface area contributed by atoms with Gasteiger partial charge in [0.1, 0.15) is 12.4 Å². The molecular formula is C20H18ClFN2O. The van der Waals surface area contributed by atoms with Crippen LogP contribution in [0.1, 0.15) is 24.4 Å². The lowest BCUT2D eigenvalue weighted by Crippen LogP contribution is -2.33. The molecule has 2 aromatic carbocycles. The summed E-state index contributed by atoms with van der Waals surface area (Å²) in [4.78, 5) is 14.8. The van der Waals surface area contributed by atoms with E-state index in [4.69, 9.17) is 11.6 Å². The van der Waals surface area contributed by atoms with Crippen LogP contribution >= 0.6 is 11.6 Å². The van der Waals surface area contributed by atoms with Crippen LogP contribution in [0.5, 0.6) is 0 Å². The summed E-state index contributed by atoms with van der Waals surface area (Å²) in [6, 6.07) is 14.2. The Hall–Kier alpha value is -2.33. The highest BCUT2D eigenvalue weighted by atomic mass is 35.5. The number of amides is 1. The van der Waals surface area contributed by atoms with Crippen LogP contribution in [-0.4, -0.2) is 21.9 Å². The maximum absolute atomic E-state index is 13.2. The SMILES string of the molecule is O=C(Cn1ccc2ccc(Cl)cc21)N1CCCC1c1ccc(F)cc1. The molecule has 1 aliphatic heterocycles. The Morgan fingerprint density at radius 2 is 1.96 bits per heavy atom. The minimum absolute atomic E-state index is 0.0264. The molecule has 2 heterocycles. The van der Waals surface area contributed by atoms with E-state index < -0.39 is 0 Å². The zero-order valence-electron chi connectivity index (χ0n) is 13.7. The van der Waals surface area contributed by atoms with Crippen LogP contribution in [0, 0.1) is 5.82 Å². The molecular weight excluding hydrogens is 339 g/mol. The van der Waals surface area contributed by atoms with E-state index in [0.717, 1.165) is 35.9 Å². The molecule has 1 aliphatic rings. The van der Waals surface area contributed by atoms with Crippen LogP contribution in [0.25, 0.3) is 10.9 Å². The number of fused-ring (bicyclic) bond motifs is 1. The molecule has 25 heavy (non-hydrogen) atoms. The molecule has 0 radical (unpaired) electrons. The fourth-order valence-electron chi connectivity index (χ4n) is 3.63. The van der Waals surface area contributed by atoms with Gasteiger partial charge in [-0.2, -0.15) is 0 Å². The molecule has 1 fully saturated rings. The minimum atomic E-state index is -0.254. The standard InChI is InChI=1S/C20H18ClFN2O/c21-16-6-3-15-9-11-23(19(15)12-16)13-20(25)24-10-1-2-18(24)14-4-7-17(22)8-5-14/h3-9,11-12,18H,1-2,10,13H2. The van der Waals surface area contributed by atoms with Gasteiger partial charge in [-0.1, -0.05) is 29.8 Å². The number of carbonyl (C=O) groups is 1. The Bertz CT molecular complexity index is 919. The van der Waals surface area contributed by atoms with Gasteiger partial charge in [0.15, 0.2) is 0 Å². The van der Waals surface area contributed by atoms with Crippen molar-refractivity contribution in [2.24, 2.45) is 0 Å². The van der Waals surface area contributed by atoms with Crippen molar-refractivity contribution >= 4 is 28.4 Å². The van der Waals surface area contributed by atoms with Gasteiger partial charge in [-0.3, -0.25) is 4.79 Å². The summed E-state index contributed by atoms with van der Waals surface area (Å²) in [7, 11) is 0. The van der Waals surface area contributed by atoms with Crippen molar-refractivity contribution in [2.45, 2.75) is 25.4 Å². The van der Waals surface area contributed by atoms with Crippen LogP contribution in [0.3, 0.4) is 0 Å². The number of hydrogen-bond acceptors (Lipinski definition) is 1. The molecule has 0 aliphatic carbocycles. The molecule has 5 heteroatoms. The Kier molecular flexibility index (Phi) is 4.22. The lowest BCUT2D eigenvalue weighted by molar-refractivity contribution is -0.132. The van der Waals surface area contributed by atoms with Gasteiger partial charge in [0, 0.05) is 23.3 Å². The molecule has 0 saturated carbocycles. The predicted molar refractivity (Wildman–Crippen MR) is 97.0 cm³/mol. The Labute approximate surface area is 150 Å². The number of halogens is 2. The first-order chi connectivity index (χ1) is 12.1. The van der Waals surface area contributed by atoms with E-state index in [0.29, 0.717) is 5.02 Å². The fourth-order valence-corrected chi connectivity index (χ4v) is 3.79. The van der Waals surface area contributed by atoms with Crippen molar-refractivity contribution in [3.8, 4) is 0 Å². The molecule has 128 valence electrons. The summed E-state index contributed by atoms with van der Waals surface area (Å²) >= 11 is 6.09. The number of nitrogens with zero attached hydrogens (tertiary/aromatic N) is 2. The average molecular weight is 357 g/mol. The second-order valence-electron chi connectivity index (χ2n) is 6.44. The average Bonchev–Trinajstić information content (AvgIpc) is 3.23. The van der Waals surface area contributed by atoms with E-state index in [1.807, 2.05) is 39.9 Å². The third-order valence-corrected chi connectivity index (χ3v) is 5.10. The quantitative estimate of drug-likeness (QED) is 0.662. The smallest absolute Gasteiger partial charge is 0.243 e. The molecule has 1 saturated heterocycles. The van der Waals surface area contributed by atoms with Crippen LogP contribution in [0.4, 0.5) is 4.39 Å². The largest absolute Gasteiger partial charge is 0.338 e. The van der Waals surface area contributed by atoms with E-state index in [2.05, 4.69) is 0 Å². The minimum Gasteiger partial charge on any atom is -0.338 e. The van der Waals surface area contributed by atoms with E-state index in [9.17, 15) is 9.18 Å². The lowest BCUT2D eigenvalue weighted by atomic mass is 10.0. The van der Waals surface area contributed by atoms with Crippen LogP contribution in [0.15, 0.2) is 54.7 Å². The molecule has 0 spiro atoms. The Morgan fingerprint density at radius 3 is 2.76 bits per heavy atom. The normalized spacial score (nSPS) is 17.4. The zero-order valence-corrected chi connectivity index (χ0v) is 14.4. The van der Waals surface area contributed by atoms with Crippen molar-refractivity contribution in [1.29, 1.82) is 0 Å².